The maximum Gasteiger partial charge on any atom is 0.268 e. The van der Waals surface area contributed by atoms with Gasteiger partial charge in [-0.3, -0.25) is 9.36 Å². The summed E-state index contributed by atoms with van der Waals surface area (Å²) in [6.07, 6.45) is 43.8. The maximum atomic E-state index is 12.8. The van der Waals surface area contributed by atoms with Gasteiger partial charge in [-0.05, 0) is 38.5 Å². The van der Waals surface area contributed by atoms with E-state index in [9.17, 15) is 19.4 Å². The number of hydrogen-bond donors (Lipinski definition) is 2. The summed E-state index contributed by atoms with van der Waals surface area (Å²) in [5.41, 5.74) is 0. The molecule has 0 bridgehead atoms. The highest BCUT2D eigenvalue weighted by atomic mass is 31.2. The third-order valence-corrected chi connectivity index (χ3v) is 11.7. The van der Waals surface area contributed by atoms with Crippen molar-refractivity contribution in [2.24, 2.45) is 0 Å². The predicted molar refractivity (Wildman–Crippen MR) is 233 cm³/mol. The molecule has 0 fully saturated rings. The van der Waals surface area contributed by atoms with Crippen molar-refractivity contribution in [1.82, 2.24) is 5.32 Å². The van der Waals surface area contributed by atoms with E-state index >= 15 is 0 Å². The molecule has 0 aromatic carbocycles. The SMILES string of the molecule is CCCCCCCCCCCCCC/C=C\CCCCCCCCCCC(=O)NC(COP(=O)([O-])OCC[N+](C)(C)C)C(O)CCCCCCCCCCC. The second-order valence-corrected chi connectivity index (χ2v) is 18.9. The number of aliphatic hydroxyl groups excluding tert-OH is 1. The number of nitrogens with zero attached hydrogens (tertiary/aromatic N) is 1. The van der Waals surface area contributed by atoms with Gasteiger partial charge in [-0.2, -0.15) is 0 Å². The molecule has 55 heavy (non-hydrogen) atoms. The van der Waals surface area contributed by atoms with Crippen LogP contribution in [0, 0.1) is 0 Å². The van der Waals surface area contributed by atoms with E-state index in [4.69, 9.17) is 9.05 Å². The number of aliphatic hydroxyl groups is 1. The van der Waals surface area contributed by atoms with E-state index in [1.807, 2.05) is 21.1 Å². The van der Waals surface area contributed by atoms with Gasteiger partial charge in [-0.1, -0.05) is 193 Å². The highest BCUT2D eigenvalue weighted by Crippen LogP contribution is 2.38. The summed E-state index contributed by atoms with van der Waals surface area (Å²) in [4.78, 5) is 25.3. The minimum absolute atomic E-state index is 0.0131. The normalized spacial score (nSPS) is 14.4. The number of carbonyl (C=O) groups excluding carboxylic acids is 1. The van der Waals surface area contributed by atoms with Crippen molar-refractivity contribution in [3.63, 3.8) is 0 Å². The van der Waals surface area contributed by atoms with Gasteiger partial charge in [0.05, 0.1) is 39.9 Å². The van der Waals surface area contributed by atoms with Gasteiger partial charge in [0, 0.05) is 6.42 Å². The van der Waals surface area contributed by atoms with Crippen LogP contribution in [-0.4, -0.2) is 68.5 Å². The molecule has 0 aromatic rings. The van der Waals surface area contributed by atoms with Crippen LogP contribution in [0.3, 0.4) is 0 Å². The number of rotatable bonds is 43. The Morgan fingerprint density at radius 2 is 1.00 bits per heavy atom. The number of hydrogen-bond acceptors (Lipinski definition) is 6. The fourth-order valence-corrected chi connectivity index (χ4v) is 7.70. The molecule has 0 heterocycles. The molecule has 0 saturated heterocycles. The Kier molecular flexibility index (Phi) is 38.2. The molecule has 0 aliphatic heterocycles. The highest BCUT2D eigenvalue weighted by Gasteiger charge is 2.24. The lowest BCUT2D eigenvalue weighted by atomic mass is 10.0. The Bertz CT molecular complexity index is 911. The third kappa shape index (κ3) is 41.2. The van der Waals surface area contributed by atoms with Crippen molar-refractivity contribution in [2.75, 3.05) is 40.9 Å². The van der Waals surface area contributed by atoms with Crippen LogP contribution in [0.4, 0.5) is 0 Å². The molecule has 2 N–H and O–H groups in total. The van der Waals surface area contributed by atoms with E-state index < -0.39 is 20.0 Å². The zero-order chi connectivity index (χ0) is 40.7. The van der Waals surface area contributed by atoms with Crippen LogP contribution in [0.1, 0.15) is 226 Å². The molecule has 8 nitrogen and oxygen atoms in total. The first kappa shape index (κ1) is 54.2. The van der Waals surface area contributed by atoms with Crippen molar-refractivity contribution in [1.29, 1.82) is 0 Å². The lowest BCUT2D eigenvalue weighted by Crippen LogP contribution is -2.46. The monoisotopic (exact) mass is 801 g/mol. The quantitative estimate of drug-likeness (QED) is 0.0275. The van der Waals surface area contributed by atoms with Crippen LogP contribution >= 0.6 is 7.82 Å². The lowest BCUT2D eigenvalue weighted by molar-refractivity contribution is -0.870. The van der Waals surface area contributed by atoms with Gasteiger partial charge < -0.3 is 28.8 Å². The standard InChI is InChI=1S/C46H93N2O6P/c1-6-8-10-12-14-16-17-18-19-20-21-22-23-24-25-26-27-28-29-30-32-34-36-38-40-46(50)47-44(43-54-55(51,52)53-42-41-48(3,4)5)45(49)39-37-35-33-31-15-13-11-9-7-2/h24-25,44-45,49H,6-23,26-43H2,1-5H3,(H-,47,50,51,52)/b25-24-. The first-order chi connectivity index (χ1) is 26.5. The molecule has 3 unspecified atom stereocenters. The number of phosphoric acid groups is 1. The first-order valence-electron chi connectivity index (χ1n) is 23.5. The average molecular weight is 801 g/mol. The number of amides is 1. The number of carbonyl (C=O) groups is 1. The second kappa shape index (κ2) is 38.7. The van der Waals surface area contributed by atoms with Crippen molar-refractivity contribution in [3.8, 4) is 0 Å². The minimum Gasteiger partial charge on any atom is -0.756 e. The van der Waals surface area contributed by atoms with Crippen LogP contribution in [0.2, 0.25) is 0 Å². The number of phosphoric ester groups is 1. The van der Waals surface area contributed by atoms with E-state index in [-0.39, 0.29) is 19.1 Å². The van der Waals surface area contributed by atoms with Crippen LogP contribution in [0.5, 0.6) is 0 Å². The average Bonchev–Trinajstić information content (AvgIpc) is 3.13. The summed E-state index contributed by atoms with van der Waals surface area (Å²) in [5, 5.41) is 13.8. The largest absolute Gasteiger partial charge is 0.756 e. The van der Waals surface area contributed by atoms with Gasteiger partial charge in [-0.15, -0.1) is 0 Å². The van der Waals surface area contributed by atoms with E-state index in [0.29, 0.717) is 23.9 Å². The van der Waals surface area contributed by atoms with Gasteiger partial charge in [-0.25, -0.2) is 0 Å². The number of allylic oxidation sites excluding steroid dienone is 2. The van der Waals surface area contributed by atoms with Crippen molar-refractivity contribution in [3.05, 3.63) is 12.2 Å². The molecule has 0 rings (SSSR count). The summed E-state index contributed by atoms with van der Waals surface area (Å²) in [6, 6.07) is -0.796. The predicted octanol–water partition coefficient (Wildman–Crippen LogP) is 12.5. The maximum absolute atomic E-state index is 12.8. The number of unbranched alkanes of at least 4 members (excludes halogenated alkanes) is 28. The number of likely N-dealkylation sites (N-methyl/N-ethyl adjacent to an activating group) is 1. The topological polar surface area (TPSA) is 108 Å². The highest BCUT2D eigenvalue weighted by molar-refractivity contribution is 7.45. The molecule has 9 heteroatoms. The Morgan fingerprint density at radius 3 is 1.42 bits per heavy atom. The number of quaternary nitrogens is 1. The van der Waals surface area contributed by atoms with Crippen molar-refractivity contribution < 1.29 is 32.9 Å². The van der Waals surface area contributed by atoms with Gasteiger partial charge in [0.25, 0.3) is 7.82 Å². The summed E-state index contributed by atoms with van der Waals surface area (Å²) < 4.78 is 23.2. The summed E-state index contributed by atoms with van der Waals surface area (Å²) in [5.74, 6) is -0.168. The molecule has 1 amide bonds. The molecular formula is C46H93N2O6P. The lowest BCUT2D eigenvalue weighted by Gasteiger charge is -2.30. The van der Waals surface area contributed by atoms with Crippen molar-refractivity contribution in [2.45, 2.75) is 238 Å². The Labute approximate surface area is 342 Å². The van der Waals surface area contributed by atoms with Crippen LogP contribution in [-0.2, 0) is 18.4 Å². The smallest absolute Gasteiger partial charge is 0.268 e. The fraction of sp³-hybridized carbons (Fsp3) is 0.935. The molecule has 0 spiro atoms. The van der Waals surface area contributed by atoms with Crippen LogP contribution in [0.15, 0.2) is 12.2 Å². The Morgan fingerprint density at radius 1 is 0.618 bits per heavy atom. The van der Waals surface area contributed by atoms with Gasteiger partial charge in [0.1, 0.15) is 13.2 Å². The van der Waals surface area contributed by atoms with Crippen molar-refractivity contribution >= 4 is 13.7 Å². The molecule has 0 aliphatic rings. The fourth-order valence-electron chi connectivity index (χ4n) is 6.98. The molecule has 0 radical (unpaired) electrons. The van der Waals surface area contributed by atoms with Crippen LogP contribution < -0.4 is 10.2 Å². The molecule has 3 atom stereocenters. The van der Waals surface area contributed by atoms with E-state index in [1.54, 1.807) is 0 Å². The molecule has 328 valence electrons. The zero-order valence-corrected chi connectivity index (χ0v) is 38.0. The minimum atomic E-state index is -4.56. The van der Waals surface area contributed by atoms with Gasteiger partial charge in [0.2, 0.25) is 5.91 Å². The molecule has 0 aliphatic carbocycles. The third-order valence-electron chi connectivity index (χ3n) is 10.8. The summed E-state index contributed by atoms with van der Waals surface area (Å²) >= 11 is 0. The van der Waals surface area contributed by atoms with Crippen LogP contribution in [0.25, 0.3) is 0 Å². The van der Waals surface area contributed by atoms with E-state index in [2.05, 4.69) is 31.3 Å². The number of nitrogens with one attached hydrogen (secondary N) is 1. The van der Waals surface area contributed by atoms with E-state index in [1.165, 1.54) is 161 Å². The first-order valence-corrected chi connectivity index (χ1v) is 25.0. The Balaban J connectivity index is 4.12. The zero-order valence-electron chi connectivity index (χ0n) is 37.1. The molecule has 0 saturated carbocycles. The molecular weight excluding hydrogens is 707 g/mol. The van der Waals surface area contributed by atoms with E-state index in [0.717, 1.165) is 38.5 Å². The Hall–Kier alpha value is -0.760. The van der Waals surface area contributed by atoms with Gasteiger partial charge >= 0.3 is 0 Å². The molecule has 0 aromatic heterocycles. The summed E-state index contributed by atoms with van der Waals surface area (Å²) in [7, 11) is 1.31. The summed E-state index contributed by atoms with van der Waals surface area (Å²) in [6.45, 7) is 4.70. The van der Waals surface area contributed by atoms with Gasteiger partial charge in [0.15, 0.2) is 0 Å². The second-order valence-electron chi connectivity index (χ2n) is 17.5.